The molecular weight excluding hydrogens is 573 g/mol. The van der Waals surface area contributed by atoms with Crippen molar-refractivity contribution in [1.82, 2.24) is 16.0 Å². The zero-order chi connectivity index (χ0) is 30.8. The van der Waals surface area contributed by atoms with Crippen LogP contribution < -0.4 is 16.0 Å². The maximum absolute atomic E-state index is 14.7. The Balaban J connectivity index is 2.16. The molecule has 0 aliphatic heterocycles. The highest BCUT2D eigenvalue weighted by molar-refractivity contribution is 6.30. The number of amides is 3. The summed E-state index contributed by atoms with van der Waals surface area (Å²) in [7, 11) is 0. The number of hydrogen-bond acceptors (Lipinski definition) is 4. The summed E-state index contributed by atoms with van der Waals surface area (Å²) in [5.74, 6) is -11.3. The average molecular weight is 604 g/mol. The van der Waals surface area contributed by atoms with Crippen LogP contribution >= 0.6 is 11.6 Å². The van der Waals surface area contributed by atoms with Gasteiger partial charge in [0.2, 0.25) is 17.6 Å². The molecule has 3 N–H and O–H groups in total. The number of Topliss-reactive ketones (excluding diaryl/α,β-unsaturated/α-hetero) is 1. The van der Waals surface area contributed by atoms with Crippen molar-refractivity contribution in [2.75, 3.05) is 6.54 Å². The summed E-state index contributed by atoms with van der Waals surface area (Å²) in [6.07, 6.45) is -6.03. The largest absolute Gasteiger partial charge is 0.390 e. The minimum atomic E-state index is -4.72. The fraction of sp³-hybridized carbons (Fsp3) is 0.429. The lowest BCUT2D eigenvalue weighted by Gasteiger charge is -2.27. The number of aryl methyl sites for hydroxylation is 1. The molecule has 41 heavy (non-hydrogen) atoms. The molecule has 3 amide bonds. The molecule has 2 aromatic rings. The SMILES string of the molecule is CC(C)[C@H](NC(=O)C(Cc1ccccc1)NC(=O)CCc1cccc(Cl)c1)C(=O)C(F)(F)C(=O)NCCC(F)(F)F. The summed E-state index contributed by atoms with van der Waals surface area (Å²) in [6.45, 7) is 1.54. The van der Waals surface area contributed by atoms with E-state index in [9.17, 15) is 41.1 Å². The van der Waals surface area contributed by atoms with Crippen molar-refractivity contribution in [3.8, 4) is 0 Å². The van der Waals surface area contributed by atoms with Crippen molar-refractivity contribution in [1.29, 1.82) is 0 Å². The second-order valence-electron chi connectivity index (χ2n) is 9.73. The van der Waals surface area contributed by atoms with Gasteiger partial charge in [-0.25, -0.2) is 0 Å². The van der Waals surface area contributed by atoms with E-state index in [0.29, 0.717) is 17.0 Å². The number of rotatable bonds is 14. The van der Waals surface area contributed by atoms with Crippen LogP contribution in [0.5, 0.6) is 0 Å². The van der Waals surface area contributed by atoms with E-state index in [4.69, 9.17) is 11.6 Å². The summed E-state index contributed by atoms with van der Waals surface area (Å²) in [4.78, 5) is 50.6. The van der Waals surface area contributed by atoms with Gasteiger partial charge >= 0.3 is 12.1 Å². The Morgan fingerprint density at radius 3 is 2.10 bits per heavy atom. The predicted octanol–water partition coefficient (Wildman–Crippen LogP) is 4.41. The van der Waals surface area contributed by atoms with Crippen LogP contribution in [0.1, 0.15) is 37.8 Å². The van der Waals surface area contributed by atoms with Crippen molar-refractivity contribution in [2.24, 2.45) is 5.92 Å². The van der Waals surface area contributed by atoms with E-state index in [1.165, 1.54) is 19.2 Å². The minimum Gasteiger partial charge on any atom is -0.350 e. The number of halogens is 6. The topological polar surface area (TPSA) is 104 Å². The normalized spacial score (nSPS) is 13.3. The Kier molecular flexibility index (Phi) is 12.2. The Hall–Kier alpha value is -3.54. The van der Waals surface area contributed by atoms with E-state index >= 15 is 0 Å². The number of alkyl halides is 5. The lowest BCUT2D eigenvalue weighted by atomic mass is 9.94. The van der Waals surface area contributed by atoms with Crippen LogP contribution in [-0.2, 0) is 32.0 Å². The first-order valence-corrected chi connectivity index (χ1v) is 13.1. The van der Waals surface area contributed by atoms with E-state index in [0.717, 1.165) is 5.56 Å². The van der Waals surface area contributed by atoms with Crippen LogP contribution in [0.25, 0.3) is 0 Å². The van der Waals surface area contributed by atoms with E-state index in [1.807, 2.05) is 0 Å². The molecule has 0 saturated heterocycles. The third-order valence-electron chi connectivity index (χ3n) is 6.00. The molecule has 0 bridgehead atoms. The van der Waals surface area contributed by atoms with Gasteiger partial charge in [-0.05, 0) is 35.6 Å². The van der Waals surface area contributed by atoms with E-state index in [1.54, 1.807) is 54.6 Å². The van der Waals surface area contributed by atoms with Crippen molar-refractivity contribution < 1.29 is 41.1 Å². The molecule has 0 radical (unpaired) electrons. The maximum atomic E-state index is 14.7. The highest BCUT2D eigenvalue weighted by atomic mass is 35.5. The van der Waals surface area contributed by atoms with Crippen LogP contribution in [0, 0.1) is 5.92 Å². The first kappa shape index (κ1) is 33.7. The summed E-state index contributed by atoms with van der Waals surface area (Å²) >= 11 is 5.97. The zero-order valence-corrected chi connectivity index (χ0v) is 23.1. The molecule has 0 aromatic heterocycles. The molecule has 1 unspecified atom stereocenters. The maximum Gasteiger partial charge on any atom is 0.390 e. The molecular formula is C28H31ClF5N3O4. The second kappa shape index (κ2) is 14.9. The van der Waals surface area contributed by atoms with Gasteiger partial charge in [0.1, 0.15) is 6.04 Å². The van der Waals surface area contributed by atoms with E-state index < -0.39 is 66.6 Å². The minimum absolute atomic E-state index is 0.0262. The van der Waals surface area contributed by atoms with E-state index in [-0.39, 0.29) is 12.8 Å². The molecule has 2 rings (SSSR count). The van der Waals surface area contributed by atoms with Crippen LogP contribution in [0.3, 0.4) is 0 Å². The standard InChI is InChI=1S/C28H31ClF5N3O4/c1-17(2)23(24(39)28(33,34)26(41)35-14-13-27(30,31)32)37-25(40)21(16-18-7-4-3-5-8-18)36-22(38)12-11-19-9-6-10-20(29)15-19/h3-10,15,17,21,23H,11-14,16H2,1-2H3,(H,35,41)(H,36,38)(H,37,40)/t21?,23-/m0/s1. The molecule has 0 fully saturated rings. The molecule has 224 valence electrons. The highest BCUT2D eigenvalue weighted by Crippen LogP contribution is 2.22. The molecule has 0 aliphatic rings. The quantitative estimate of drug-likeness (QED) is 0.220. The van der Waals surface area contributed by atoms with Gasteiger partial charge in [0, 0.05) is 24.4 Å². The fourth-order valence-electron chi connectivity index (χ4n) is 3.80. The summed E-state index contributed by atoms with van der Waals surface area (Å²) in [5, 5.41) is 6.67. The average Bonchev–Trinajstić information content (AvgIpc) is 2.89. The molecule has 0 saturated carbocycles. The zero-order valence-electron chi connectivity index (χ0n) is 22.4. The number of hydrogen-bond donors (Lipinski definition) is 3. The third kappa shape index (κ3) is 11.1. The molecule has 2 aromatic carbocycles. The van der Waals surface area contributed by atoms with Crippen molar-refractivity contribution in [3.05, 3.63) is 70.7 Å². The van der Waals surface area contributed by atoms with Crippen molar-refractivity contribution in [3.63, 3.8) is 0 Å². The van der Waals surface area contributed by atoms with Crippen LogP contribution in [-0.4, -0.2) is 54.2 Å². The Morgan fingerprint density at radius 2 is 1.51 bits per heavy atom. The van der Waals surface area contributed by atoms with Gasteiger partial charge in [0.05, 0.1) is 12.5 Å². The van der Waals surface area contributed by atoms with Crippen LogP contribution in [0.15, 0.2) is 54.6 Å². The van der Waals surface area contributed by atoms with Gasteiger partial charge in [-0.1, -0.05) is 67.9 Å². The smallest absolute Gasteiger partial charge is 0.350 e. The Labute approximate surface area is 239 Å². The first-order chi connectivity index (χ1) is 19.1. The van der Waals surface area contributed by atoms with Gasteiger partial charge in [-0.3, -0.25) is 19.2 Å². The van der Waals surface area contributed by atoms with Gasteiger partial charge in [0.25, 0.3) is 5.91 Å². The van der Waals surface area contributed by atoms with Gasteiger partial charge < -0.3 is 16.0 Å². The monoisotopic (exact) mass is 603 g/mol. The Morgan fingerprint density at radius 1 is 0.878 bits per heavy atom. The van der Waals surface area contributed by atoms with Crippen LogP contribution in [0.2, 0.25) is 5.02 Å². The molecule has 13 heteroatoms. The molecule has 0 aliphatic carbocycles. The second-order valence-corrected chi connectivity index (χ2v) is 10.2. The number of carbonyl (C=O) groups excluding carboxylic acids is 4. The predicted molar refractivity (Wildman–Crippen MR) is 142 cm³/mol. The van der Waals surface area contributed by atoms with Crippen molar-refractivity contribution in [2.45, 2.75) is 63.7 Å². The van der Waals surface area contributed by atoms with Crippen molar-refractivity contribution >= 4 is 35.1 Å². The van der Waals surface area contributed by atoms with Gasteiger partial charge in [0.15, 0.2) is 0 Å². The van der Waals surface area contributed by atoms with Crippen LogP contribution in [0.4, 0.5) is 22.0 Å². The molecule has 7 nitrogen and oxygen atoms in total. The lowest BCUT2D eigenvalue weighted by Crippen LogP contribution is -2.59. The summed E-state index contributed by atoms with van der Waals surface area (Å²) in [6, 6.07) is 12.2. The third-order valence-corrected chi connectivity index (χ3v) is 6.23. The van der Waals surface area contributed by atoms with E-state index in [2.05, 4.69) is 10.6 Å². The Bertz CT molecular complexity index is 1210. The summed E-state index contributed by atoms with van der Waals surface area (Å²) in [5.41, 5.74) is 1.41. The number of carbonyl (C=O) groups is 4. The number of nitrogens with one attached hydrogen (secondary N) is 3. The molecule has 2 atom stereocenters. The first-order valence-electron chi connectivity index (χ1n) is 12.8. The fourth-order valence-corrected chi connectivity index (χ4v) is 4.01. The highest BCUT2D eigenvalue weighted by Gasteiger charge is 2.51. The number of benzene rings is 2. The summed E-state index contributed by atoms with van der Waals surface area (Å²) < 4.78 is 66.3. The van der Waals surface area contributed by atoms with Gasteiger partial charge in [-0.2, -0.15) is 22.0 Å². The lowest BCUT2D eigenvalue weighted by molar-refractivity contribution is -0.162. The van der Waals surface area contributed by atoms with Gasteiger partial charge in [-0.15, -0.1) is 0 Å². The molecule has 0 spiro atoms. The molecule has 0 heterocycles. The number of ketones is 1.